The quantitative estimate of drug-likeness (QED) is 0.175. The van der Waals surface area contributed by atoms with E-state index in [0.717, 1.165) is 54.8 Å². The molecule has 0 spiro atoms. The summed E-state index contributed by atoms with van der Waals surface area (Å²) in [6.45, 7) is 6.46. The Balaban J connectivity index is 1.21. The summed E-state index contributed by atoms with van der Waals surface area (Å²) in [4.78, 5) is 4.87. The Bertz CT molecular complexity index is 2190. The van der Waals surface area contributed by atoms with E-state index in [1.807, 2.05) is 18.2 Å². The van der Waals surface area contributed by atoms with Crippen LogP contribution in [0.4, 0.5) is 0 Å². The minimum absolute atomic E-state index is 0.996. The summed E-state index contributed by atoms with van der Waals surface area (Å²) in [5.74, 6) is 0. The molecule has 0 aliphatic heterocycles. The van der Waals surface area contributed by atoms with Gasteiger partial charge in [-0.05, 0) is 65.2 Å². The van der Waals surface area contributed by atoms with Crippen molar-refractivity contribution in [2.24, 2.45) is 0 Å². The molecular weight excluding hydrogens is 522 g/mol. The Morgan fingerprint density at radius 3 is 1.77 bits per heavy atom. The van der Waals surface area contributed by atoms with Crippen molar-refractivity contribution in [3.8, 4) is 5.69 Å². The molecule has 0 saturated heterocycles. The van der Waals surface area contributed by atoms with E-state index >= 15 is 0 Å². The summed E-state index contributed by atoms with van der Waals surface area (Å²) in [6, 6.07) is 42.1. The van der Waals surface area contributed by atoms with Crippen molar-refractivity contribution in [2.45, 2.75) is 6.92 Å². The van der Waals surface area contributed by atoms with Crippen molar-refractivity contribution >= 4 is 46.2 Å². The topological polar surface area (TPSA) is 20.6 Å². The summed E-state index contributed by atoms with van der Waals surface area (Å²) in [5, 5.41) is 4.40. The van der Waals surface area contributed by atoms with Gasteiger partial charge in [-0.1, -0.05) is 79.4 Å². The molecule has 0 amide bonds. The molecule has 0 N–H and O–H groups in total. The second-order valence-electron chi connectivity index (χ2n) is 10.7. The number of nitrogens with zero attached hydrogens (tertiary/aromatic N) is 3. The minimum Gasteiger partial charge on any atom is -0.247 e. The highest BCUT2D eigenvalue weighted by molar-refractivity contribution is 6.01. The van der Waals surface area contributed by atoms with Crippen LogP contribution in [0.3, 0.4) is 0 Å². The summed E-state index contributed by atoms with van der Waals surface area (Å²) in [7, 11) is 0. The maximum atomic E-state index is 4.87. The zero-order chi connectivity index (χ0) is 29.2. The highest BCUT2D eigenvalue weighted by atomic mass is 15.0. The molecule has 7 rings (SSSR count). The van der Waals surface area contributed by atoms with Crippen molar-refractivity contribution in [1.29, 1.82) is 0 Å². The molecule has 4 aromatic carbocycles. The number of rotatable bonds is 5. The number of para-hydroxylation sites is 2. The number of aromatic nitrogens is 3. The van der Waals surface area contributed by atoms with Gasteiger partial charge in [-0.15, -0.1) is 0 Å². The maximum Gasteiger partial charge on any atom is 0.229 e. The molecule has 3 aromatic heterocycles. The fraction of sp³-hybridized carbons (Fsp3) is 0.0250. The zero-order valence-corrected chi connectivity index (χ0v) is 24.1. The molecule has 204 valence electrons. The predicted molar refractivity (Wildman–Crippen MR) is 177 cm³/mol. The van der Waals surface area contributed by atoms with Crippen LogP contribution in [0.1, 0.15) is 22.3 Å². The molecule has 0 aliphatic rings. The Morgan fingerprint density at radius 1 is 0.605 bits per heavy atom. The summed E-state index contributed by atoms with van der Waals surface area (Å²) >= 11 is 0. The van der Waals surface area contributed by atoms with E-state index in [1.54, 1.807) is 0 Å². The zero-order valence-electron chi connectivity index (χ0n) is 24.1. The first kappa shape index (κ1) is 26.2. The van der Waals surface area contributed by atoms with E-state index in [0.29, 0.717) is 0 Å². The van der Waals surface area contributed by atoms with Crippen LogP contribution in [-0.4, -0.2) is 4.98 Å². The standard InChI is InChI=1S/C40H31N3/c1-29-11-3-5-13-33(29)39(34-14-6-4-12-30(34)2)42-25-21-31(22-26-42)19-20-32-23-27-43(28-24-32)40-35-15-7-9-17-37(35)41-38-18-10-8-16-36(38)40/h3-28H,1H2,2H3/q+2/b20-19+,39-33+. The monoisotopic (exact) mass is 553 g/mol. The smallest absolute Gasteiger partial charge is 0.229 e. The van der Waals surface area contributed by atoms with Crippen LogP contribution in [0.2, 0.25) is 0 Å². The van der Waals surface area contributed by atoms with Crippen molar-refractivity contribution in [3.05, 3.63) is 179 Å². The third-order valence-electron chi connectivity index (χ3n) is 7.93. The molecule has 7 aromatic rings. The second-order valence-corrected chi connectivity index (χ2v) is 10.7. The molecule has 3 heterocycles. The molecule has 0 fully saturated rings. The lowest BCUT2D eigenvalue weighted by atomic mass is 10.0. The number of hydrogen-bond acceptors (Lipinski definition) is 1. The van der Waals surface area contributed by atoms with Crippen molar-refractivity contribution < 1.29 is 9.13 Å². The SMILES string of the molecule is C=c1cccc/c1=C(/c1ccccc1C)[n+]1ccc(/C=C/c2cc[n+](-c3c4ccccc4nc4ccccc34)cc2)cc1. The van der Waals surface area contributed by atoms with Gasteiger partial charge in [-0.2, -0.15) is 9.13 Å². The van der Waals surface area contributed by atoms with Gasteiger partial charge in [0.25, 0.3) is 0 Å². The largest absolute Gasteiger partial charge is 0.247 e. The highest BCUT2D eigenvalue weighted by Crippen LogP contribution is 2.26. The fourth-order valence-corrected chi connectivity index (χ4v) is 5.70. The molecule has 3 nitrogen and oxygen atoms in total. The van der Waals surface area contributed by atoms with E-state index in [9.17, 15) is 0 Å². The fourth-order valence-electron chi connectivity index (χ4n) is 5.70. The van der Waals surface area contributed by atoms with E-state index < -0.39 is 0 Å². The van der Waals surface area contributed by atoms with Crippen molar-refractivity contribution in [3.63, 3.8) is 0 Å². The molecule has 43 heavy (non-hydrogen) atoms. The van der Waals surface area contributed by atoms with E-state index in [1.165, 1.54) is 11.1 Å². The predicted octanol–water partition coefficient (Wildman–Crippen LogP) is 6.55. The van der Waals surface area contributed by atoms with Gasteiger partial charge in [-0.25, -0.2) is 4.98 Å². The molecule has 0 radical (unpaired) electrons. The average Bonchev–Trinajstić information content (AvgIpc) is 3.05. The Labute approximate surface area is 251 Å². The molecule has 0 atom stereocenters. The van der Waals surface area contributed by atoms with Crippen LogP contribution < -0.4 is 19.6 Å². The van der Waals surface area contributed by atoms with Gasteiger partial charge in [0.05, 0.1) is 32.6 Å². The molecule has 0 saturated carbocycles. The Morgan fingerprint density at radius 2 is 1.14 bits per heavy atom. The Hall–Kier alpha value is -5.67. The normalized spacial score (nSPS) is 12.2. The first-order valence-corrected chi connectivity index (χ1v) is 14.5. The van der Waals surface area contributed by atoms with Crippen LogP contribution in [0.5, 0.6) is 0 Å². The van der Waals surface area contributed by atoms with E-state index in [-0.39, 0.29) is 0 Å². The van der Waals surface area contributed by atoms with Crippen LogP contribution in [0, 0.1) is 6.92 Å². The van der Waals surface area contributed by atoms with E-state index in [4.69, 9.17) is 4.98 Å². The lowest BCUT2D eigenvalue weighted by molar-refractivity contribution is -0.592. The summed E-state index contributed by atoms with van der Waals surface area (Å²) in [5.41, 5.74) is 8.95. The lowest BCUT2D eigenvalue weighted by Gasteiger charge is -2.07. The van der Waals surface area contributed by atoms with Crippen molar-refractivity contribution in [2.75, 3.05) is 0 Å². The van der Waals surface area contributed by atoms with Gasteiger partial charge in [0.2, 0.25) is 11.4 Å². The van der Waals surface area contributed by atoms with Crippen LogP contribution in [-0.2, 0) is 0 Å². The molecule has 3 heteroatoms. The first-order chi connectivity index (χ1) is 21.2. The van der Waals surface area contributed by atoms with Gasteiger partial charge >= 0.3 is 0 Å². The van der Waals surface area contributed by atoms with Gasteiger partial charge < -0.3 is 0 Å². The van der Waals surface area contributed by atoms with Gasteiger partial charge in [0.1, 0.15) is 0 Å². The molecule has 0 aliphatic carbocycles. The highest BCUT2D eigenvalue weighted by Gasteiger charge is 2.18. The Kier molecular flexibility index (Phi) is 6.90. The van der Waals surface area contributed by atoms with Gasteiger partial charge in [-0.3, -0.25) is 0 Å². The van der Waals surface area contributed by atoms with Gasteiger partial charge in [0.15, 0.2) is 24.8 Å². The number of fused-ring (bicyclic) bond motifs is 2. The third kappa shape index (κ3) is 5.13. The number of benzene rings is 4. The van der Waals surface area contributed by atoms with Crippen LogP contribution in [0.25, 0.3) is 51.9 Å². The average molecular weight is 554 g/mol. The van der Waals surface area contributed by atoms with E-state index in [2.05, 4.69) is 163 Å². The van der Waals surface area contributed by atoms with Crippen LogP contribution in [0.15, 0.2) is 146 Å². The summed E-state index contributed by atoms with van der Waals surface area (Å²) < 4.78 is 4.39. The number of aryl methyl sites for hydroxylation is 1. The number of pyridine rings is 3. The summed E-state index contributed by atoms with van der Waals surface area (Å²) in [6.07, 6.45) is 12.8. The van der Waals surface area contributed by atoms with Crippen molar-refractivity contribution in [1.82, 2.24) is 4.98 Å². The third-order valence-corrected chi connectivity index (χ3v) is 7.93. The van der Waals surface area contributed by atoms with Gasteiger partial charge in [0, 0.05) is 24.3 Å². The molecular formula is C40H31N3+2. The second kappa shape index (κ2) is 11.3. The maximum absolute atomic E-state index is 4.87. The van der Waals surface area contributed by atoms with Crippen LogP contribution >= 0.6 is 0 Å². The molecule has 0 bridgehead atoms. The number of hydrogen-bond donors (Lipinski definition) is 0. The minimum atomic E-state index is 0.996. The first-order valence-electron chi connectivity index (χ1n) is 14.5. The lowest BCUT2D eigenvalue weighted by Crippen LogP contribution is -2.41. The molecule has 0 unspecified atom stereocenters.